The molecule has 1 N–H and O–H groups in total. The number of aliphatic hydroxyl groups excluding tert-OH is 1. The average molecular weight is 405 g/mol. The van der Waals surface area contributed by atoms with E-state index >= 15 is 0 Å². The maximum absolute atomic E-state index is 12.7. The Morgan fingerprint density at radius 1 is 1.23 bits per heavy atom. The van der Waals surface area contributed by atoms with Crippen LogP contribution in [0.2, 0.25) is 0 Å². The van der Waals surface area contributed by atoms with E-state index in [1.165, 1.54) is 32.9 Å². The molecular formula is C18H16N2O3S3. The van der Waals surface area contributed by atoms with Gasteiger partial charge < -0.3 is 10.0 Å². The van der Waals surface area contributed by atoms with Gasteiger partial charge >= 0.3 is 0 Å². The maximum Gasteiger partial charge on any atom is 0.266 e. The van der Waals surface area contributed by atoms with Crippen molar-refractivity contribution >= 4 is 63.2 Å². The predicted molar refractivity (Wildman–Crippen MR) is 110 cm³/mol. The molecule has 0 bridgehead atoms. The largest absolute Gasteiger partial charge is 0.395 e. The van der Waals surface area contributed by atoms with Crippen LogP contribution in [0.1, 0.15) is 4.88 Å². The summed E-state index contributed by atoms with van der Waals surface area (Å²) in [5.74, 6) is -0.558. The number of nitrogens with zero attached hydrogens (tertiary/aromatic N) is 2. The van der Waals surface area contributed by atoms with Crippen molar-refractivity contribution in [3.8, 4) is 0 Å². The van der Waals surface area contributed by atoms with Crippen LogP contribution in [0.4, 0.5) is 5.69 Å². The Labute approximate surface area is 164 Å². The molecule has 134 valence electrons. The maximum atomic E-state index is 12.7. The fourth-order valence-electron chi connectivity index (χ4n) is 2.47. The van der Waals surface area contributed by atoms with Crippen molar-refractivity contribution in [2.45, 2.75) is 0 Å². The standard InChI is InChI=1S/C18H16N2O3S3/c21-9-8-19(13-5-2-1-3-6-13)16(22)12-20-17(23)15(26-18(20)24)11-14-7-4-10-25-14/h1-7,10-11,21H,8-9,12H2/b15-11-. The van der Waals surface area contributed by atoms with E-state index in [1.54, 1.807) is 18.2 Å². The van der Waals surface area contributed by atoms with Gasteiger partial charge in [-0.15, -0.1) is 11.3 Å². The van der Waals surface area contributed by atoms with Crippen molar-refractivity contribution in [2.24, 2.45) is 0 Å². The topological polar surface area (TPSA) is 60.9 Å². The average Bonchev–Trinajstić information content (AvgIpc) is 3.24. The van der Waals surface area contributed by atoms with E-state index in [0.29, 0.717) is 14.9 Å². The van der Waals surface area contributed by atoms with Gasteiger partial charge in [-0.1, -0.05) is 48.2 Å². The second-order valence-corrected chi connectivity index (χ2v) is 8.04. The number of thioether (sulfide) groups is 1. The number of aliphatic hydroxyl groups is 1. The van der Waals surface area contributed by atoms with Crippen LogP contribution in [-0.2, 0) is 9.59 Å². The molecule has 5 nitrogen and oxygen atoms in total. The van der Waals surface area contributed by atoms with E-state index in [0.717, 1.165) is 4.88 Å². The van der Waals surface area contributed by atoms with E-state index in [9.17, 15) is 14.7 Å². The van der Waals surface area contributed by atoms with Gasteiger partial charge in [0.15, 0.2) is 0 Å². The van der Waals surface area contributed by atoms with Crippen molar-refractivity contribution in [3.63, 3.8) is 0 Å². The van der Waals surface area contributed by atoms with Gasteiger partial charge in [-0.05, 0) is 29.7 Å². The molecule has 2 heterocycles. The van der Waals surface area contributed by atoms with E-state index in [2.05, 4.69) is 0 Å². The summed E-state index contributed by atoms with van der Waals surface area (Å²) < 4.78 is 0.364. The molecule has 1 saturated heterocycles. The Hall–Kier alpha value is -2.00. The van der Waals surface area contributed by atoms with Gasteiger partial charge in [-0.2, -0.15) is 0 Å². The predicted octanol–water partition coefficient (Wildman–Crippen LogP) is 2.97. The molecule has 2 aromatic rings. The van der Waals surface area contributed by atoms with Crippen LogP contribution >= 0.6 is 35.3 Å². The van der Waals surface area contributed by atoms with Gasteiger partial charge in [0.1, 0.15) is 10.9 Å². The highest BCUT2D eigenvalue weighted by Crippen LogP contribution is 2.33. The number of carbonyl (C=O) groups excluding carboxylic acids is 2. The van der Waals surface area contributed by atoms with Gasteiger partial charge in [-0.25, -0.2) is 0 Å². The highest BCUT2D eigenvalue weighted by molar-refractivity contribution is 8.26. The molecule has 1 aliphatic heterocycles. The van der Waals surface area contributed by atoms with Crippen molar-refractivity contribution in [3.05, 3.63) is 57.6 Å². The zero-order chi connectivity index (χ0) is 18.5. The Morgan fingerprint density at radius 2 is 2.00 bits per heavy atom. The number of amides is 2. The van der Waals surface area contributed by atoms with Crippen molar-refractivity contribution in [2.75, 3.05) is 24.6 Å². The molecule has 1 aromatic carbocycles. The molecule has 1 aliphatic rings. The molecule has 2 amide bonds. The summed E-state index contributed by atoms with van der Waals surface area (Å²) in [5, 5.41) is 11.2. The third-order valence-corrected chi connectivity index (χ3v) is 5.87. The summed E-state index contributed by atoms with van der Waals surface area (Å²) >= 11 is 8.02. The number of hydrogen-bond acceptors (Lipinski definition) is 6. The molecule has 3 rings (SSSR count). The zero-order valence-corrected chi connectivity index (χ0v) is 16.1. The molecule has 1 aromatic heterocycles. The number of rotatable bonds is 6. The number of anilines is 1. The summed E-state index contributed by atoms with van der Waals surface area (Å²) in [6.45, 7) is -0.165. The van der Waals surface area contributed by atoms with Gasteiger partial charge in [-0.3, -0.25) is 14.5 Å². The third kappa shape index (κ3) is 4.21. The number of carbonyl (C=O) groups is 2. The van der Waals surface area contributed by atoms with Crippen LogP contribution < -0.4 is 4.90 Å². The van der Waals surface area contributed by atoms with E-state index < -0.39 is 0 Å². The summed E-state index contributed by atoms with van der Waals surface area (Å²) in [4.78, 5) is 29.6. The molecule has 0 spiro atoms. The zero-order valence-electron chi connectivity index (χ0n) is 13.7. The molecule has 0 radical (unpaired) electrons. The quantitative estimate of drug-likeness (QED) is 0.592. The van der Waals surface area contributed by atoms with Gasteiger partial charge in [0, 0.05) is 17.1 Å². The van der Waals surface area contributed by atoms with Gasteiger partial charge in [0.05, 0.1) is 11.5 Å². The molecule has 0 aliphatic carbocycles. The first-order valence-electron chi connectivity index (χ1n) is 7.85. The summed E-state index contributed by atoms with van der Waals surface area (Å²) in [6.07, 6.45) is 1.79. The smallest absolute Gasteiger partial charge is 0.266 e. The highest BCUT2D eigenvalue weighted by atomic mass is 32.2. The van der Waals surface area contributed by atoms with Crippen molar-refractivity contribution < 1.29 is 14.7 Å². The van der Waals surface area contributed by atoms with Crippen molar-refractivity contribution in [1.29, 1.82) is 0 Å². The van der Waals surface area contributed by atoms with Crippen LogP contribution in [0.15, 0.2) is 52.7 Å². The molecule has 0 atom stereocenters. The van der Waals surface area contributed by atoms with E-state index in [1.807, 2.05) is 35.7 Å². The molecule has 0 saturated carbocycles. The number of benzene rings is 1. The lowest BCUT2D eigenvalue weighted by atomic mass is 10.2. The minimum absolute atomic E-state index is 0.151. The van der Waals surface area contributed by atoms with E-state index in [4.69, 9.17) is 12.2 Å². The van der Waals surface area contributed by atoms with Crippen LogP contribution in [0.5, 0.6) is 0 Å². The summed E-state index contributed by atoms with van der Waals surface area (Å²) in [6, 6.07) is 12.9. The first-order chi connectivity index (χ1) is 12.6. The SMILES string of the molecule is O=C1/C(=C/c2cccs2)SC(=S)N1CC(=O)N(CCO)c1ccccc1. The molecule has 1 fully saturated rings. The molecule has 0 unspecified atom stereocenters. The Balaban J connectivity index is 1.75. The Bertz CT molecular complexity index is 835. The monoisotopic (exact) mass is 404 g/mol. The van der Waals surface area contributed by atoms with Gasteiger partial charge in [0.25, 0.3) is 5.91 Å². The minimum Gasteiger partial charge on any atom is -0.395 e. The number of hydrogen-bond donors (Lipinski definition) is 1. The Morgan fingerprint density at radius 3 is 2.65 bits per heavy atom. The first-order valence-corrected chi connectivity index (χ1v) is 9.95. The van der Waals surface area contributed by atoms with Crippen LogP contribution in [0, 0.1) is 0 Å². The third-order valence-electron chi connectivity index (χ3n) is 3.68. The molecular weight excluding hydrogens is 388 g/mol. The van der Waals surface area contributed by atoms with Crippen LogP contribution in [-0.4, -0.2) is 45.8 Å². The van der Waals surface area contributed by atoms with Crippen molar-refractivity contribution in [1.82, 2.24) is 4.90 Å². The fourth-order valence-corrected chi connectivity index (χ4v) is 4.44. The molecule has 8 heteroatoms. The minimum atomic E-state index is -0.293. The van der Waals surface area contributed by atoms with E-state index in [-0.39, 0.29) is 31.5 Å². The first kappa shape index (κ1) is 18.8. The lowest BCUT2D eigenvalue weighted by molar-refractivity contribution is -0.127. The number of thiocarbonyl (C=S) groups is 1. The molecule has 26 heavy (non-hydrogen) atoms. The lowest BCUT2D eigenvalue weighted by Gasteiger charge is -2.24. The highest BCUT2D eigenvalue weighted by Gasteiger charge is 2.34. The van der Waals surface area contributed by atoms with Crippen LogP contribution in [0.25, 0.3) is 6.08 Å². The second kappa shape index (κ2) is 8.59. The summed E-state index contributed by atoms with van der Waals surface area (Å²) in [5.41, 5.74) is 0.672. The fraction of sp³-hybridized carbons (Fsp3) is 0.167. The Kier molecular flexibility index (Phi) is 6.20. The summed E-state index contributed by atoms with van der Waals surface area (Å²) in [7, 11) is 0. The lowest BCUT2D eigenvalue weighted by Crippen LogP contribution is -2.43. The van der Waals surface area contributed by atoms with Crippen LogP contribution in [0.3, 0.4) is 0 Å². The number of thiophene rings is 1. The second-order valence-electron chi connectivity index (χ2n) is 5.39. The van der Waals surface area contributed by atoms with Gasteiger partial charge in [0.2, 0.25) is 5.91 Å². The number of para-hydroxylation sites is 1. The normalized spacial score (nSPS) is 15.7.